The Morgan fingerprint density at radius 1 is 1.33 bits per heavy atom. The van der Waals surface area contributed by atoms with Gasteiger partial charge in [0, 0.05) is 31.9 Å². The zero-order chi connectivity index (χ0) is 21.8. The van der Waals surface area contributed by atoms with Crippen LogP contribution in [0.25, 0.3) is 0 Å². The van der Waals surface area contributed by atoms with Crippen molar-refractivity contribution < 1.29 is 9.59 Å². The molecule has 1 aliphatic rings. The molecular weight excluding hydrogens is 406 g/mol. The molecule has 1 aliphatic heterocycles. The van der Waals surface area contributed by atoms with Gasteiger partial charge in [0.25, 0.3) is 5.91 Å². The van der Waals surface area contributed by atoms with Crippen molar-refractivity contribution in [1.29, 1.82) is 0 Å². The van der Waals surface area contributed by atoms with E-state index in [1.807, 2.05) is 4.90 Å². The number of hydrogen-bond donors (Lipinski definition) is 2. The molecule has 1 fully saturated rings. The second kappa shape index (κ2) is 9.42. The highest BCUT2D eigenvalue weighted by Gasteiger charge is 2.27. The van der Waals surface area contributed by atoms with Crippen LogP contribution in [0.5, 0.6) is 0 Å². The maximum Gasteiger partial charge on any atom is 0.270 e. The van der Waals surface area contributed by atoms with Crippen molar-refractivity contribution in [3.05, 3.63) is 34.5 Å². The summed E-state index contributed by atoms with van der Waals surface area (Å²) in [6, 6.07) is 1.03. The van der Waals surface area contributed by atoms with Crippen molar-refractivity contribution in [1.82, 2.24) is 30.0 Å². The molecule has 0 aromatic carbocycles. The van der Waals surface area contributed by atoms with Gasteiger partial charge in [-0.2, -0.15) is 5.10 Å². The Morgan fingerprint density at radius 3 is 2.63 bits per heavy atom. The second-order valence-electron chi connectivity index (χ2n) is 7.77. The third kappa shape index (κ3) is 5.08. The molecule has 3 heterocycles. The van der Waals surface area contributed by atoms with Crippen LogP contribution in [0.3, 0.4) is 0 Å². The average molecular weight is 434 g/mol. The number of nitrogens with zero attached hydrogens (tertiary/aromatic N) is 5. The molecule has 0 unspecified atom stereocenters. The Hall–Kier alpha value is -2.68. The fourth-order valence-corrected chi connectivity index (χ4v) is 4.12. The van der Waals surface area contributed by atoms with Crippen LogP contribution >= 0.6 is 11.6 Å². The van der Waals surface area contributed by atoms with Crippen LogP contribution < -0.4 is 11.1 Å². The third-order valence-electron chi connectivity index (χ3n) is 5.60. The molecule has 2 aromatic rings. The Kier molecular flexibility index (Phi) is 6.91. The lowest BCUT2D eigenvalue weighted by Gasteiger charge is -2.33. The van der Waals surface area contributed by atoms with Crippen molar-refractivity contribution in [3.63, 3.8) is 0 Å². The van der Waals surface area contributed by atoms with Gasteiger partial charge in [-0.15, -0.1) is 0 Å². The highest BCUT2D eigenvalue weighted by molar-refractivity contribution is 6.30. The Balaban J connectivity index is 1.47. The van der Waals surface area contributed by atoms with E-state index in [9.17, 15) is 9.59 Å². The van der Waals surface area contributed by atoms with Crippen molar-refractivity contribution in [2.24, 2.45) is 13.0 Å². The lowest BCUT2D eigenvalue weighted by atomic mass is 9.90. The van der Waals surface area contributed by atoms with Gasteiger partial charge < -0.3 is 16.0 Å². The molecule has 2 amide bonds. The van der Waals surface area contributed by atoms with E-state index in [1.54, 1.807) is 33.2 Å². The third-order valence-corrected chi connectivity index (χ3v) is 5.91. The topological polar surface area (TPSA) is 119 Å². The molecule has 9 nitrogen and oxygen atoms in total. The van der Waals surface area contributed by atoms with E-state index in [4.69, 9.17) is 17.3 Å². The first-order valence-corrected chi connectivity index (χ1v) is 10.5. The number of rotatable bonds is 6. The first kappa shape index (κ1) is 22.0. The first-order valence-electron chi connectivity index (χ1n) is 10.1. The van der Waals surface area contributed by atoms with Crippen LogP contribution in [0.15, 0.2) is 12.3 Å². The van der Waals surface area contributed by atoms with Crippen LogP contribution in [0.1, 0.15) is 48.1 Å². The number of nitrogens with one attached hydrogen (secondary N) is 1. The number of anilines is 1. The van der Waals surface area contributed by atoms with Gasteiger partial charge in [-0.3, -0.25) is 14.3 Å². The number of nitrogen functional groups attached to an aromatic ring is 1. The molecule has 10 heteroatoms. The molecule has 2 aromatic heterocycles. The highest BCUT2D eigenvalue weighted by atomic mass is 35.5. The summed E-state index contributed by atoms with van der Waals surface area (Å²) in [4.78, 5) is 35.2. The fraction of sp³-hybridized carbons (Fsp3) is 0.550. The highest BCUT2D eigenvalue weighted by Crippen LogP contribution is 2.26. The van der Waals surface area contributed by atoms with E-state index in [2.05, 4.69) is 20.4 Å². The van der Waals surface area contributed by atoms with Crippen molar-refractivity contribution in [2.75, 3.05) is 18.8 Å². The van der Waals surface area contributed by atoms with E-state index >= 15 is 0 Å². The summed E-state index contributed by atoms with van der Waals surface area (Å²) < 4.78 is 1.48. The smallest absolute Gasteiger partial charge is 0.270 e. The maximum absolute atomic E-state index is 12.7. The number of amides is 2. The van der Waals surface area contributed by atoms with Crippen LogP contribution in [0.2, 0.25) is 5.15 Å². The molecule has 0 radical (unpaired) electrons. The quantitative estimate of drug-likeness (QED) is 0.669. The number of aromatic nitrogens is 4. The average Bonchev–Trinajstić information content (AvgIpc) is 3.13. The number of hydrogen-bond acceptors (Lipinski definition) is 6. The molecule has 162 valence electrons. The molecule has 3 N–H and O–H groups in total. The molecule has 1 atom stereocenters. The maximum atomic E-state index is 12.7. The van der Waals surface area contributed by atoms with E-state index in [1.165, 1.54) is 4.68 Å². The number of nitrogens with two attached hydrogens (primary N) is 1. The van der Waals surface area contributed by atoms with Crippen molar-refractivity contribution in [3.8, 4) is 0 Å². The van der Waals surface area contributed by atoms with Crippen LogP contribution in [-0.2, 0) is 18.3 Å². The largest absolute Gasteiger partial charge is 0.383 e. The predicted molar refractivity (Wildman–Crippen MR) is 114 cm³/mol. The lowest BCUT2D eigenvalue weighted by molar-refractivity contribution is -0.134. The number of carbonyl (C=O) groups excluding carboxylic acids is 2. The van der Waals surface area contributed by atoms with Crippen molar-refractivity contribution in [2.45, 2.75) is 45.6 Å². The molecular formula is C20H28ClN7O2. The fourth-order valence-electron chi connectivity index (χ4n) is 3.81. The Labute approximate surface area is 181 Å². The SMILES string of the molecule is Cc1nc(N)c(CCC2CCN(C(=O)[C@H](C)NC(=O)c3ccnn3C)CC2)c(Cl)n1. The summed E-state index contributed by atoms with van der Waals surface area (Å²) in [5.41, 5.74) is 7.21. The van der Waals surface area contributed by atoms with Gasteiger partial charge >= 0.3 is 0 Å². The van der Waals surface area contributed by atoms with Gasteiger partial charge in [0.2, 0.25) is 5.91 Å². The Bertz CT molecular complexity index is 899. The summed E-state index contributed by atoms with van der Waals surface area (Å²) >= 11 is 6.22. The minimum Gasteiger partial charge on any atom is -0.383 e. The summed E-state index contributed by atoms with van der Waals surface area (Å²) in [5, 5.41) is 7.16. The zero-order valence-electron chi connectivity index (χ0n) is 17.6. The molecule has 0 aliphatic carbocycles. The summed E-state index contributed by atoms with van der Waals surface area (Å²) in [5.74, 6) is 1.12. The number of carbonyl (C=O) groups is 2. The van der Waals surface area contributed by atoms with Gasteiger partial charge in [-0.05, 0) is 51.5 Å². The monoisotopic (exact) mass is 433 g/mol. The molecule has 1 saturated heterocycles. The van der Waals surface area contributed by atoms with Gasteiger partial charge in [-0.25, -0.2) is 9.97 Å². The summed E-state index contributed by atoms with van der Waals surface area (Å²) in [6.45, 7) is 4.82. The Morgan fingerprint density at radius 2 is 2.03 bits per heavy atom. The number of aryl methyl sites for hydroxylation is 2. The molecule has 0 saturated carbocycles. The van der Waals surface area contributed by atoms with E-state index in [0.717, 1.165) is 31.2 Å². The normalized spacial score (nSPS) is 15.8. The molecule has 0 spiro atoms. The van der Waals surface area contributed by atoms with Gasteiger partial charge in [0.15, 0.2) is 0 Å². The molecule has 0 bridgehead atoms. The number of likely N-dealkylation sites (tertiary alicyclic amines) is 1. The van der Waals surface area contributed by atoms with Gasteiger partial charge in [0.1, 0.15) is 28.5 Å². The first-order chi connectivity index (χ1) is 14.3. The second-order valence-corrected chi connectivity index (χ2v) is 8.13. The van der Waals surface area contributed by atoms with Crippen LogP contribution in [-0.4, -0.2) is 55.6 Å². The molecule has 3 rings (SSSR count). The van der Waals surface area contributed by atoms with Crippen molar-refractivity contribution >= 4 is 29.2 Å². The number of piperidine rings is 1. The van der Waals surface area contributed by atoms with Crippen LogP contribution in [0.4, 0.5) is 5.82 Å². The summed E-state index contributed by atoms with van der Waals surface area (Å²) in [6.07, 6.45) is 5.00. The predicted octanol–water partition coefficient (Wildman–Crippen LogP) is 1.74. The van der Waals surface area contributed by atoms with E-state index in [0.29, 0.717) is 41.5 Å². The molecule has 30 heavy (non-hydrogen) atoms. The minimum absolute atomic E-state index is 0.0665. The number of halogens is 1. The standard InChI is InChI=1S/C20H28ClN7O2/c1-12(24-19(29)16-6-9-23-27(16)3)20(30)28-10-7-14(8-11-28)4-5-15-17(21)25-13(2)26-18(15)22/h6,9,12,14H,4-5,7-8,10-11H2,1-3H3,(H,24,29)(H2,22,25,26)/t12-/m0/s1. The van der Waals surface area contributed by atoms with Gasteiger partial charge in [0.05, 0.1) is 0 Å². The van der Waals surface area contributed by atoms with E-state index < -0.39 is 6.04 Å². The van der Waals surface area contributed by atoms with E-state index in [-0.39, 0.29) is 11.8 Å². The van der Waals surface area contributed by atoms with Gasteiger partial charge in [-0.1, -0.05) is 11.6 Å². The van der Waals surface area contributed by atoms with Crippen LogP contribution in [0, 0.1) is 12.8 Å². The summed E-state index contributed by atoms with van der Waals surface area (Å²) in [7, 11) is 1.69. The minimum atomic E-state index is -0.590. The zero-order valence-corrected chi connectivity index (χ0v) is 18.3. The lowest BCUT2D eigenvalue weighted by Crippen LogP contribution is -2.49.